The second kappa shape index (κ2) is 7.10. The van der Waals surface area contributed by atoms with Crippen LogP contribution in [0.1, 0.15) is 20.2 Å². The van der Waals surface area contributed by atoms with Gasteiger partial charge in [-0.25, -0.2) is 4.79 Å². The van der Waals surface area contributed by atoms with Crippen LogP contribution in [0.2, 0.25) is 0 Å². The molecule has 25 heavy (non-hydrogen) atoms. The van der Waals surface area contributed by atoms with Crippen LogP contribution < -0.4 is 0 Å². The highest BCUT2D eigenvalue weighted by molar-refractivity contribution is 7.12. The molecule has 0 N–H and O–H groups in total. The predicted octanol–water partition coefficient (Wildman–Crippen LogP) is 3.96. The molecule has 126 valence electrons. The van der Waals surface area contributed by atoms with Crippen LogP contribution in [0.4, 0.5) is 5.69 Å². The summed E-state index contributed by atoms with van der Waals surface area (Å²) in [6.07, 6.45) is 0. The van der Waals surface area contributed by atoms with Crippen molar-refractivity contribution in [1.82, 2.24) is 0 Å². The number of benzene rings is 1. The first-order valence-electron chi connectivity index (χ1n) is 7.13. The molecular weight excluding hydrogens is 346 g/mol. The van der Waals surface area contributed by atoms with E-state index in [1.54, 1.807) is 23.6 Å². The minimum atomic E-state index is -0.752. The van der Waals surface area contributed by atoms with Gasteiger partial charge in [0.05, 0.1) is 9.80 Å². The molecule has 0 saturated carbocycles. The summed E-state index contributed by atoms with van der Waals surface area (Å²) in [5.41, 5.74) is 0.543. The van der Waals surface area contributed by atoms with Crippen LogP contribution in [-0.2, 0) is 4.74 Å². The van der Waals surface area contributed by atoms with Crippen LogP contribution in [0.5, 0.6) is 0 Å². The van der Waals surface area contributed by atoms with E-state index >= 15 is 0 Å². The van der Waals surface area contributed by atoms with Crippen molar-refractivity contribution in [2.75, 3.05) is 6.61 Å². The SMILES string of the molecule is O=C(OCC(=O)c1cccs1)c1ccc(-c2ccc([N+](=O)[O-])cc2)o1. The number of Topliss-reactive ketones (excluding diaryl/α,β-unsaturated/α-hetero) is 1. The lowest BCUT2D eigenvalue weighted by atomic mass is 10.1. The summed E-state index contributed by atoms with van der Waals surface area (Å²) >= 11 is 1.27. The van der Waals surface area contributed by atoms with Gasteiger partial charge < -0.3 is 9.15 Å². The molecule has 8 heteroatoms. The van der Waals surface area contributed by atoms with Crippen LogP contribution >= 0.6 is 11.3 Å². The zero-order chi connectivity index (χ0) is 17.8. The molecule has 0 spiro atoms. The van der Waals surface area contributed by atoms with Crippen LogP contribution in [0.25, 0.3) is 11.3 Å². The Morgan fingerprint density at radius 3 is 2.52 bits per heavy atom. The summed E-state index contributed by atoms with van der Waals surface area (Å²) in [6, 6.07) is 12.1. The molecule has 7 nitrogen and oxygen atoms in total. The third-order valence-electron chi connectivity index (χ3n) is 3.30. The lowest BCUT2D eigenvalue weighted by molar-refractivity contribution is -0.384. The number of hydrogen-bond donors (Lipinski definition) is 0. The zero-order valence-corrected chi connectivity index (χ0v) is 13.5. The summed E-state index contributed by atoms with van der Waals surface area (Å²) in [4.78, 5) is 34.4. The molecule has 2 aromatic heterocycles. The van der Waals surface area contributed by atoms with Gasteiger partial charge in [-0.2, -0.15) is 0 Å². The van der Waals surface area contributed by atoms with Crippen molar-refractivity contribution in [1.29, 1.82) is 0 Å². The van der Waals surface area contributed by atoms with E-state index in [0.717, 1.165) is 0 Å². The van der Waals surface area contributed by atoms with Gasteiger partial charge in [-0.15, -0.1) is 11.3 Å². The number of esters is 1. The Kier molecular flexibility index (Phi) is 4.71. The molecule has 0 aliphatic rings. The van der Waals surface area contributed by atoms with E-state index in [9.17, 15) is 19.7 Å². The molecule has 0 bridgehead atoms. The van der Waals surface area contributed by atoms with E-state index in [1.165, 1.54) is 41.7 Å². The smallest absolute Gasteiger partial charge is 0.374 e. The maximum absolute atomic E-state index is 12.0. The molecule has 0 unspecified atom stereocenters. The van der Waals surface area contributed by atoms with Crippen molar-refractivity contribution in [3.8, 4) is 11.3 Å². The Morgan fingerprint density at radius 2 is 1.88 bits per heavy atom. The number of non-ortho nitro benzene ring substituents is 1. The minimum absolute atomic E-state index is 0.0398. The number of nitro benzene ring substituents is 1. The molecule has 0 radical (unpaired) electrons. The Morgan fingerprint density at radius 1 is 1.12 bits per heavy atom. The van der Waals surface area contributed by atoms with Crippen molar-refractivity contribution in [3.63, 3.8) is 0 Å². The van der Waals surface area contributed by atoms with Gasteiger partial charge in [-0.3, -0.25) is 14.9 Å². The second-order valence-corrected chi connectivity index (χ2v) is 5.89. The third-order valence-corrected chi connectivity index (χ3v) is 4.21. The second-order valence-electron chi connectivity index (χ2n) is 4.94. The van der Waals surface area contributed by atoms with E-state index < -0.39 is 10.9 Å². The van der Waals surface area contributed by atoms with Crippen molar-refractivity contribution in [2.24, 2.45) is 0 Å². The number of ketones is 1. The fourth-order valence-electron chi connectivity index (χ4n) is 2.06. The molecule has 1 aromatic carbocycles. The summed E-state index contributed by atoms with van der Waals surface area (Å²) in [6.45, 7) is -0.368. The quantitative estimate of drug-likeness (QED) is 0.286. The third kappa shape index (κ3) is 3.81. The van der Waals surface area contributed by atoms with E-state index in [0.29, 0.717) is 16.2 Å². The fraction of sp³-hybridized carbons (Fsp3) is 0.0588. The average Bonchev–Trinajstić information content (AvgIpc) is 3.31. The Balaban J connectivity index is 1.65. The highest BCUT2D eigenvalue weighted by Gasteiger charge is 2.17. The van der Waals surface area contributed by atoms with Crippen molar-refractivity contribution < 1.29 is 23.7 Å². The molecule has 3 aromatic rings. The van der Waals surface area contributed by atoms with Gasteiger partial charge >= 0.3 is 5.97 Å². The molecule has 0 saturated heterocycles. The Hall–Kier alpha value is -3.26. The lowest BCUT2D eigenvalue weighted by Crippen LogP contribution is -2.12. The van der Waals surface area contributed by atoms with Gasteiger partial charge in [0.2, 0.25) is 11.5 Å². The summed E-state index contributed by atoms with van der Waals surface area (Å²) in [5, 5.41) is 12.4. The van der Waals surface area contributed by atoms with Crippen LogP contribution in [0.15, 0.2) is 58.3 Å². The summed E-state index contributed by atoms with van der Waals surface area (Å²) < 4.78 is 10.4. The normalized spacial score (nSPS) is 10.4. The first kappa shape index (κ1) is 16.6. The molecule has 0 amide bonds. The first-order chi connectivity index (χ1) is 12.0. The first-order valence-corrected chi connectivity index (χ1v) is 8.01. The van der Waals surface area contributed by atoms with Crippen LogP contribution in [0, 0.1) is 10.1 Å². The fourth-order valence-corrected chi connectivity index (χ4v) is 2.71. The number of thiophene rings is 1. The number of rotatable bonds is 6. The van der Waals surface area contributed by atoms with Crippen molar-refractivity contribution >= 4 is 28.8 Å². The molecular formula is C17H11NO6S. The van der Waals surface area contributed by atoms with Crippen molar-refractivity contribution in [3.05, 3.63) is 74.7 Å². The minimum Gasteiger partial charge on any atom is -0.451 e. The lowest BCUT2D eigenvalue weighted by Gasteiger charge is -2.01. The van der Waals surface area contributed by atoms with E-state index in [1.807, 2.05) is 0 Å². The van der Waals surface area contributed by atoms with Gasteiger partial charge in [0, 0.05) is 17.7 Å². The highest BCUT2D eigenvalue weighted by Crippen LogP contribution is 2.24. The molecule has 0 atom stereocenters. The van der Waals surface area contributed by atoms with Gasteiger partial charge in [0.15, 0.2) is 6.61 Å². The molecule has 2 heterocycles. The number of furan rings is 1. The van der Waals surface area contributed by atoms with E-state index in [-0.39, 0.29) is 23.8 Å². The Labute approximate surface area is 145 Å². The molecule has 0 aliphatic heterocycles. The largest absolute Gasteiger partial charge is 0.451 e. The standard InChI is InChI=1S/C17H11NO6S/c19-13(16-2-1-9-25-16)10-23-17(20)15-8-7-14(24-15)11-3-5-12(6-4-11)18(21)22/h1-9H,10H2. The van der Waals surface area contributed by atoms with Crippen LogP contribution in [-0.4, -0.2) is 23.3 Å². The highest BCUT2D eigenvalue weighted by atomic mass is 32.1. The Bertz CT molecular complexity index is 911. The summed E-state index contributed by atoms with van der Waals surface area (Å²) in [7, 11) is 0. The van der Waals surface area contributed by atoms with Crippen LogP contribution in [0.3, 0.4) is 0 Å². The number of nitro groups is 1. The number of nitrogens with zero attached hydrogens (tertiary/aromatic N) is 1. The predicted molar refractivity (Wildman–Crippen MR) is 89.7 cm³/mol. The topological polar surface area (TPSA) is 99.7 Å². The maximum Gasteiger partial charge on any atom is 0.374 e. The number of carbonyl (C=O) groups excluding carboxylic acids is 2. The van der Waals surface area contributed by atoms with Gasteiger partial charge in [0.1, 0.15) is 5.76 Å². The monoisotopic (exact) mass is 357 g/mol. The van der Waals surface area contributed by atoms with Gasteiger partial charge in [0.25, 0.3) is 5.69 Å². The zero-order valence-electron chi connectivity index (χ0n) is 12.7. The molecule has 3 rings (SSSR count). The average molecular weight is 357 g/mol. The number of hydrogen-bond acceptors (Lipinski definition) is 7. The summed E-state index contributed by atoms with van der Waals surface area (Å²) in [5.74, 6) is -0.720. The van der Waals surface area contributed by atoms with Gasteiger partial charge in [-0.1, -0.05) is 6.07 Å². The number of carbonyl (C=O) groups is 2. The molecule has 0 fully saturated rings. The van der Waals surface area contributed by atoms with E-state index in [2.05, 4.69) is 0 Å². The van der Waals surface area contributed by atoms with Crippen molar-refractivity contribution in [2.45, 2.75) is 0 Å². The van der Waals surface area contributed by atoms with Gasteiger partial charge in [-0.05, 0) is 35.7 Å². The molecule has 0 aliphatic carbocycles. The number of ether oxygens (including phenoxy) is 1. The van der Waals surface area contributed by atoms with E-state index in [4.69, 9.17) is 9.15 Å². The maximum atomic E-state index is 12.0.